The summed E-state index contributed by atoms with van der Waals surface area (Å²) in [4.78, 5) is 21.8. The average Bonchev–Trinajstić information content (AvgIpc) is 2.30. The molecule has 0 radical (unpaired) electrons. The van der Waals surface area contributed by atoms with Crippen LogP contribution in [0.15, 0.2) is 24.3 Å². The molecule has 0 aliphatic heterocycles. The van der Waals surface area contributed by atoms with Gasteiger partial charge in [0.25, 0.3) is 0 Å². The molecule has 0 saturated heterocycles. The minimum atomic E-state index is -0.458. The largest absolute Gasteiger partial charge is 0.462 e. The molecular formula is C13H13NO3. The van der Waals surface area contributed by atoms with E-state index in [4.69, 9.17) is 10.5 Å². The fourth-order valence-electron chi connectivity index (χ4n) is 1.14. The number of hydrogen-bond acceptors (Lipinski definition) is 3. The highest BCUT2D eigenvalue weighted by Gasteiger charge is 2.04. The van der Waals surface area contributed by atoms with Crippen molar-refractivity contribution in [2.45, 2.75) is 13.3 Å². The van der Waals surface area contributed by atoms with Crippen LogP contribution in [0, 0.1) is 11.8 Å². The van der Waals surface area contributed by atoms with Crippen molar-refractivity contribution in [3.8, 4) is 11.8 Å². The Hall–Kier alpha value is -2.28. The van der Waals surface area contributed by atoms with Gasteiger partial charge in [0.2, 0.25) is 5.91 Å². The molecule has 0 unspecified atom stereocenters. The first kappa shape index (κ1) is 12.8. The number of rotatable bonds is 3. The van der Waals surface area contributed by atoms with Crippen LogP contribution in [0.1, 0.15) is 29.3 Å². The molecule has 88 valence electrons. The van der Waals surface area contributed by atoms with Crippen LogP contribution in [-0.4, -0.2) is 18.5 Å². The van der Waals surface area contributed by atoms with Crippen molar-refractivity contribution in [3.05, 3.63) is 35.4 Å². The zero-order valence-corrected chi connectivity index (χ0v) is 9.53. The molecule has 0 spiro atoms. The lowest BCUT2D eigenvalue weighted by Gasteiger charge is -2.00. The molecule has 0 aromatic heterocycles. The molecular weight excluding hydrogens is 218 g/mol. The highest BCUT2D eigenvalue weighted by molar-refractivity contribution is 5.89. The Morgan fingerprint density at radius 2 is 1.94 bits per heavy atom. The van der Waals surface area contributed by atoms with Gasteiger partial charge in [-0.3, -0.25) is 4.79 Å². The van der Waals surface area contributed by atoms with Gasteiger partial charge in [0.05, 0.1) is 18.6 Å². The van der Waals surface area contributed by atoms with E-state index in [1.54, 1.807) is 31.2 Å². The molecule has 0 fully saturated rings. The van der Waals surface area contributed by atoms with E-state index in [0.717, 1.165) is 5.56 Å². The molecule has 0 bridgehead atoms. The summed E-state index contributed by atoms with van der Waals surface area (Å²) >= 11 is 0. The number of carbonyl (C=O) groups is 2. The zero-order valence-electron chi connectivity index (χ0n) is 9.53. The summed E-state index contributed by atoms with van der Waals surface area (Å²) in [5, 5.41) is 0. The Bertz CT molecular complexity index is 466. The lowest BCUT2D eigenvalue weighted by molar-refractivity contribution is -0.117. The Labute approximate surface area is 99.8 Å². The first-order valence-electron chi connectivity index (χ1n) is 5.18. The van der Waals surface area contributed by atoms with E-state index in [-0.39, 0.29) is 12.4 Å². The zero-order chi connectivity index (χ0) is 12.7. The summed E-state index contributed by atoms with van der Waals surface area (Å²) in [5.41, 5.74) is 6.15. The first-order valence-corrected chi connectivity index (χ1v) is 5.18. The van der Waals surface area contributed by atoms with Crippen LogP contribution in [0.4, 0.5) is 0 Å². The number of primary amides is 1. The van der Waals surface area contributed by atoms with Crippen molar-refractivity contribution in [2.75, 3.05) is 6.61 Å². The maximum Gasteiger partial charge on any atom is 0.338 e. The number of benzene rings is 1. The number of amides is 1. The van der Waals surface area contributed by atoms with E-state index in [1.165, 1.54) is 0 Å². The van der Waals surface area contributed by atoms with E-state index in [0.29, 0.717) is 12.2 Å². The van der Waals surface area contributed by atoms with Crippen molar-refractivity contribution < 1.29 is 14.3 Å². The summed E-state index contributed by atoms with van der Waals surface area (Å²) in [6.07, 6.45) is 0.0274. The smallest absolute Gasteiger partial charge is 0.338 e. The Balaban J connectivity index is 2.70. The molecule has 0 aliphatic rings. The van der Waals surface area contributed by atoms with E-state index in [9.17, 15) is 9.59 Å². The number of hydrogen-bond donors (Lipinski definition) is 1. The lowest BCUT2D eigenvalue weighted by Crippen LogP contribution is -2.08. The third kappa shape index (κ3) is 4.39. The molecule has 1 amide bonds. The van der Waals surface area contributed by atoms with Crippen LogP contribution in [0.3, 0.4) is 0 Å². The van der Waals surface area contributed by atoms with Crippen LogP contribution in [0.2, 0.25) is 0 Å². The maximum atomic E-state index is 11.3. The van der Waals surface area contributed by atoms with Crippen molar-refractivity contribution >= 4 is 11.9 Å². The second-order valence-electron chi connectivity index (χ2n) is 3.24. The molecule has 0 atom stereocenters. The van der Waals surface area contributed by atoms with Gasteiger partial charge in [0.15, 0.2) is 0 Å². The first-order chi connectivity index (χ1) is 8.13. The number of ether oxygens (including phenoxy) is 1. The molecule has 0 saturated carbocycles. The van der Waals surface area contributed by atoms with E-state index in [1.807, 2.05) is 0 Å². The molecule has 0 aliphatic carbocycles. The fraction of sp³-hybridized carbons (Fsp3) is 0.231. The minimum absolute atomic E-state index is 0.0274. The monoisotopic (exact) mass is 231 g/mol. The quantitative estimate of drug-likeness (QED) is 0.625. The molecule has 1 aromatic rings. The topological polar surface area (TPSA) is 69.4 Å². The van der Waals surface area contributed by atoms with E-state index < -0.39 is 5.91 Å². The fourth-order valence-corrected chi connectivity index (χ4v) is 1.14. The van der Waals surface area contributed by atoms with Crippen LogP contribution in [-0.2, 0) is 9.53 Å². The normalized spacial score (nSPS) is 9.00. The van der Waals surface area contributed by atoms with Gasteiger partial charge in [-0.25, -0.2) is 4.79 Å². The van der Waals surface area contributed by atoms with E-state index >= 15 is 0 Å². The summed E-state index contributed by atoms with van der Waals surface area (Å²) in [6.45, 7) is 2.10. The van der Waals surface area contributed by atoms with Crippen LogP contribution >= 0.6 is 0 Å². The van der Waals surface area contributed by atoms with Crippen LogP contribution < -0.4 is 5.73 Å². The Morgan fingerprint density at radius 3 is 2.47 bits per heavy atom. The summed E-state index contributed by atoms with van der Waals surface area (Å²) in [5.74, 6) is 4.59. The number of esters is 1. The maximum absolute atomic E-state index is 11.3. The second kappa shape index (κ2) is 6.33. The molecule has 4 heteroatoms. The van der Waals surface area contributed by atoms with Gasteiger partial charge in [-0.1, -0.05) is 11.8 Å². The van der Waals surface area contributed by atoms with Crippen molar-refractivity contribution in [1.29, 1.82) is 0 Å². The summed E-state index contributed by atoms with van der Waals surface area (Å²) in [7, 11) is 0. The minimum Gasteiger partial charge on any atom is -0.462 e. The SMILES string of the molecule is CCOC(=O)c1ccc(C#CCC(N)=O)cc1. The second-order valence-corrected chi connectivity index (χ2v) is 3.24. The average molecular weight is 231 g/mol. The molecule has 17 heavy (non-hydrogen) atoms. The molecule has 0 heterocycles. The van der Waals surface area contributed by atoms with Gasteiger partial charge in [0, 0.05) is 5.56 Å². The third-order valence-electron chi connectivity index (χ3n) is 1.89. The molecule has 1 aromatic carbocycles. The van der Waals surface area contributed by atoms with Gasteiger partial charge >= 0.3 is 5.97 Å². The predicted molar refractivity (Wildman–Crippen MR) is 63.1 cm³/mol. The molecule has 1 rings (SSSR count). The van der Waals surface area contributed by atoms with Crippen molar-refractivity contribution in [2.24, 2.45) is 5.73 Å². The molecule has 2 N–H and O–H groups in total. The predicted octanol–water partition coefficient (Wildman–Crippen LogP) is 1.09. The van der Waals surface area contributed by atoms with Crippen molar-refractivity contribution in [3.63, 3.8) is 0 Å². The highest BCUT2D eigenvalue weighted by Crippen LogP contribution is 2.05. The summed E-state index contributed by atoms with van der Waals surface area (Å²) < 4.78 is 4.84. The van der Waals surface area contributed by atoms with E-state index in [2.05, 4.69) is 11.8 Å². The summed E-state index contributed by atoms with van der Waals surface area (Å²) in [6, 6.07) is 6.65. The highest BCUT2D eigenvalue weighted by atomic mass is 16.5. The third-order valence-corrected chi connectivity index (χ3v) is 1.89. The number of carbonyl (C=O) groups excluding carboxylic acids is 2. The van der Waals surface area contributed by atoms with Crippen LogP contribution in [0.25, 0.3) is 0 Å². The molecule has 4 nitrogen and oxygen atoms in total. The standard InChI is InChI=1S/C13H13NO3/c1-2-17-13(16)11-8-6-10(7-9-11)4-3-5-12(14)15/h6-9H,2,5H2,1H3,(H2,14,15). The van der Waals surface area contributed by atoms with Crippen LogP contribution in [0.5, 0.6) is 0 Å². The van der Waals surface area contributed by atoms with Crippen molar-refractivity contribution in [1.82, 2.24) is 0 Å². The van der Waals surface area contributed by atoms with Gasteiger partial charge in [-0.15, -0.1) is 0 Å². The van der Waals surface area contributed by atoms with Gasteiger partial charge in [-0.2, -0.15) is 0 Å². The van der Waals surface area contributed by atoms with Gasteiger partial charge in [-0.05, 0) is 31.2 Å². The Kier molecular flexibility index (Phi) is 4.77. The van der Waals surface area contributed by atoms with Gasteiger partial charge in [0.1, 0.15) is 0 Å². The lowest BCUT2D eigenvalue weighted by atomic mass is 10.1. The number of nitrogens with two attached hydrogens (primary N) is 1. The Morgan fingerprint density at radius 1 is 1.29 bits per heavy atom. The van der Waals surface area contributed by atoms with Gasteiger partial charge < -0.3 is 10.5 Å².